The molecule has 0 aliphatic heterocycles. The van der Waals surface area contributed by atoms with Gasteiger partial charge in [0.1, 0.15) is 0 Å². The zero-order chi connectivity index (χ0) is 9.26. The summed E-state index contributed by atoms with van der Waals surface area (Å²) in [6.45, 7) is 0. The normalized spacial score (nSPS) is 8.80. The van der Waals surface area contributed by atoms with Crippen molar-refractivity contribution in [1.82, 2.24) is 0 Å². The first-order chi connectivity index (χ1) is 6.27. The summed E-state index contributed by atoms with van der Waals surface area (Å²) in [5.41, 5.74) is 15.2. The van der Waals surface area contributed by atoms with Crippen molar-refractivity contribution in [2.24, 2.45) is 0 Å². The molecule has 0 radical (unpaired) electrons. The fourth-order valence-electron chi connectivity index (χ4n) is 1.24. The van der Waals surface area contributed by atoms with Gasteiger partial charge in [0.25, 0.3) is 0 Å². The summed E-state index contributed by atoms with van der Waals surface area (Å²) >= 11 is 1.65. The Kier molecular flexibility index (Phi) is 5.50. The second-order valence-corrected chi connectivity index (χ2v) is 3.64. The van der Waals surface area contributed by atoms with Crippen molar-refractivity contribution in [1.29, 1.82) is 0 Å². The number of hydrogen-bond donors (Lipinski definition) is 2. The summed E-state index contributed by atoms with van der Waals surface area (Å²) in [6, 6.07) is 7.58. The predicted molar refractivity (Wildman–Crippen MR) is 73.1 cm³/mol. The molecule has 4 N–H and O–H groups in total. The quantitative estimate of drug-likeness (QED) is 0.774. The molecule has 5 heteroatoms. The molecule has 1 heterocycles. The van der Waals surface area contributed by atoms with E-state index in [1.54, 1.807) is 11.3 Å². The van der Waals surface area contributed by atoms with Crippen molar-refractivity contribution < 1.29 is 0 Å². The highest BCUT2D eigenvalue weighted by Gasteiger charge is 2.02. The third kappa shape index (κ3) is 3.02. The Morgan fingerprint density at radius 3 is 2.33 bits per heavy atom. The third-order valence-electron chi connectivity index (χ3n) is 1.91. The second kappa shape index (κ2) is 5.85. The summed E-state index contributed by atoms with van der Waals surface area (Å²) in [6.07, 6.45) is 0. The molecule has 0 atom stereocenters. The smallest absolute Gasteiger partial charge is 0.0395 e. The van der Waals surface area contributed by atoms with E-state index < -0.39 is 0 Å². The van der Waals surface area contributed by atoms with E-state index in [1.807, 2.05) is 29.6 Å². The number of nitrogen functional groups attached to an aromatic ring is 2. The minimum atomic E-state index is 0. The average Bonchev–Trinajstić information content (AvgIpc) is 2.61. The van der Waals surface area contributed by atoms with Crippen molar-refractivity contribution in [3.8, 4) is 11.1 Å². The van der Waals surface area contributed by atoms with E-state index in [1.165, 1.54) is 0 Å². The van der Waals surface area contributed by atoms with Crippen LogP contribution in [0.5, 0.6) is 0 Å². The van der Waals surface area contributed by atoms with Crippen molar-refractivity contribution in [3.63, 3.8) is 0 Å². The van der Waals surface area contributed by atoms with Crippen LogP contribution in [-0.4, -0.2) is 0 Å². The van der Waals surface area contributed by atoms with Crippen molar-refractivity contribution in [2.45, 2.75) is 0 Å². The first-order valence-electron chi connectivity index (χ1n) is 3.95. The van der Waals surface area contributed by atoms with Crippen molar-refractivity contribution in [2.75, 3.05) is 11.5 Å². The summed E-state index contributed by atoms with van der Waals surface area (Å²) in [7, 11) is 0. The number of thiophene rings is 1. The van der Waals surface area contributed by atoms with Gasteiger partial charge in [-0.1, -0.05) is 0 Å². The molecule has 0 bridgehead atoms. The van der Waals surface area contributed by atoms with Gasteiger partial charge in [0.05, 0.1) is 0 Å². The van der Waals surface area contributed by atoms with Crippen LogP contribution in [0.25, 0.3) is 11.1 Å². The van der Waals surface area contributed by atoms with Crippen LogP contribution in [0.3, 0.4) is 0 Å². The van der Waals surface area contributed by atoms with Crippen LogP contribution >= 0.6 is 36.2 Å². The monoisotopic (exact) mass is 262 g/mol. The van der Waals surface area contributed by atoms with Gasteiger partial charge >= 0.3 is 0 Å². The predicted octanol–water partition coefficient (Wildman–Crippen LogP) is 3.42. The standard InChI is InChI=1S/C10H10N2S.2ClH/c11-8-1-2-10(12)9(5-8)7-3-4-13-6-7;;/h1-6H,11-12H2;2*1H. The van der Waals surface area contributed by atoms with E-state index in [0.29, 0.717) is 0 Å². The minimum absolute atomic E-state index is 0. The Hall–Kier alpha value is -0.900. The molecule has 0 aliphatic rings. The van der Waals surface area contributed by atoms with Crippen molar-refractivity contribution in [3.05, 3.63) is 35.0 Å². The highest BCUT2D eigenvalue weighted by atomic mass is 35.5. The lowest BCUT2D eigenvalue weighted by atomic mass is 10.1. The summed E-state index contributed by atoms with van der Waals surface area (Å²) in [5, 5.41) is 4.09. The lowest BCUT2D eigenvalue weighted by molar-refractivity contribution is 1.64. The SMILES string of the molecule is Cl.Cl.Nc1ccc(N)c(-c2ccsc2)c1. The molecule has 0 aliphatic carbocycles. The minimum Gasteiger partial charge on any atom is -0.399 e. The van der Waals surface area contributed by atoms with Gasteiger partial charge in [-0.15, -0.1) is 24.8 Å². The summed E-state index contributed by atoms with van der Waals surface area (Å²) in [4.78, 5) is 0. The fraction of sp³-hybridized carbons (Fsp3) is 0. The van der Waals surface area contributed by atoms with E-state index in [0.717, 1.165) is 22.5 Å². The highest BCUT2D eigenvalue weighted by molar-refractivity contribution is 7.08. The molecule has 15 heavy (non-hydrogen) atoms. The Balaban J connectivity index is 0.000000980. The average molecular weight is 263 g/mol. The van der Waals surface area contributed by atoms with E-state index in [4.69, 9.17) is 11.5 Å². The largest absolute Gasteiger partial charge is 0.399 e. The number of halogens is 2. The van der Waals surface area contributed by atoms with Gasteiger partial charge in [0.15, 0.2) is 0 Å². The molecule has 2 aromatic rings. The Morgan fingerprint density at radius 2 is 1.73 bits per heavy atom. The van der Waals surface area contributed by atoms with Gasteiger partial charge in [-0.25, -0.2) is 0 Å². The van der Waals surface area contributed by atoms with Crippen LogP contribution in [0.2, 0.25) is 0 Å². The maximum absolute atomic E-state index is 5.83. The molecule has 1 aromatic carbocycles. The van der Waals surface area contributed by atoms with Crippen molar-refractivity contribution >= 4 is 47.5 Å². The third-order valence-corrected chi connectivity index (χ3v) is 2.59. The van der Waals surface area contributed by atoms with Crippen LogP contribution in [0.1, 0.15) is 0 Å². The highest BCUT2D eigenvalue weighted by Crippen LogP contribution is 2.29. The summed E-state index contributed by atoms with van der Waals surface area (Å²) in [5.74, 6) is 0. The Labute approximate surface area is 105 Å². The van der Waals surface area contributed by atoms with Crippen LogP contribution < -0.4 is 11.5 Å². The van der Waals surface area contributed by atoms with E-state index >= 15 is 0 Å². The van der Waals surface area contributed by atoms with Gasteiger partial charge in [0, 0.05) is 16.9 Å². The number of rotatable bonds is 1. The maximum Gasteiger partial charge on any atom is 0.0395 e. The van der Waals surface area contributed by atoms with E-state index in [9.17, 15) is 0 Å². The van der Waals surface area contributed by atoms with Gasteiger partial charge < -0.3 is 11.5 Å². The zero-order valence-corrected chi connectivity index (χ0v) is 10.3. The molecule has 0 fully saturated rings. The molecule has 1 aromatic heterocycles. The van der Waals surface area contributed by atoms with Crippen LogP contribution in [0, 0.1) is 0 Å². The Bertz CT molecular complexity index is 415. The molecule has 0 amide bonds. The summed E-state index contributed by atoms with van der Waals surface area (Å²) < 4.78 is 0. The molecular weight excluding hydrogens is 251 g/mol. The van der Waals surface area contributed by atoms with Gasteiger partial charge in [-0.2, -0.15) is 11.3 Å². The first-order valence-corrected chi connectivity index (χ1v) is 4.89. The van der Waals surface area contributed by atoms with Crippen LogP contribution in [0.15, 0.2) is 35.0 Å². The number of benzene rings is 1. The lowest BCUT2D eigenvalue weighted by Crippen LogP contribution is -1.91. The molecule has 0 spiro atoms. The van der Waals surface area contributed by atoms with E-state index in [-0.39, 0.29) is 24.8 Å². The molecule has 0 saturated heterocycles. The molecule has 82 valence electrons. The maximum atomic E-state index is 5.83. The molecular formula is C10H12Cl2N2S. The zero-order valence-electron chi connectivity index (χ0n) is 7.84. The Morgan fingerprint density at radius 1 is 1.00 bits per heavy atom. The number of anilines is 2. The van der Waals surface area contributed by atoms with E-state index in [2.05, 4.69) is 5.38 Å². The molecule has 2 rings (SSSR count). The van der Waals surface area contributed by atoms with Crippen LogP contribution in [-0.2, 0) is 0 Å². The number of nitrogens with two attached hydrogens (primary N) is 2. The van der Waals surface area contributed by atoms with Gasteiger partial charge in [0.2, 0.25) is 0 Å². The molecule has 0 saturated carbocycles. The second-order valence-electron chi connectivity index (χ2n) is 2.86. The van der Waals surface area contributed by atoms with Gasteiger partial charge in [-0.3, -0.25) is 0 Å². The molecule has 2 nitrogen and oxygen atoms in total. The van der Waals surface area contributed by atoms with Gasteiger partial charge in [-0.05, 0) is 40.6 Å². The fourth-order valence-corrected chi connectivity index (χ4v) is 1.90. The van der Waals surface area contributed by atoms with Crippen LogP contribution in [0.4, 0.5) is 11.4 Å². The molecule has 0 unspecified atom stereocenters. The number of hydrogen-bond acceptors (Lipinski definition) is 3. The first kappa shape index (κ1) is 14.1. The topological polar surface area (TPSA) is 52.0 Å². The lowest BCUT2D eigenvalue weighted by Gasteiger charge is -2.03.